The average molecular weight is 195 g/mol. The molecule has 0 N–H and O–H groups in total. The standard InChI is InChI=1S/C4H7BrN2S/c1-4(2-5)7-6-3-8-4/h2-3H2,1H3. The third-order valence-electron chi connectivity index (χ3n) is 0.963. The molecular weight excluding hydrogens is 188 g/mol. The van der Waals surface area contributed by atoms with Crippen molar-refractivity contribution in [3.63, 3.8) is 0 Å². The summed E-state index contributed by atoms with van der Waals surface area (Å²) < 4.78 is 0. The Bertz CT molecular complexity index is 117. The molecule has 2 nitrogen and oxygen atoms in total. The zero-order valence-electron chi connectivity index (χ0n) is 4.59. The summed E-state index contributed by atoms with van der Waals surface area (Å²) in [6.07, 6.45) is 0. The second kappa shape index (κ2) is 2.35. The van der Waals surface area contributed by atoms with Crippen molar-refractivity contribution in [3.8, 4) is 0 Å². The molecule has 0 bridgehead atoms. The predicted octanol–water partition coefficient (Wildman–Crippen LogP) is 2.25. The Balaban J connectivity index is 2.54. The first-order chi connectivity index (χ1) is 3.77. The van der Waals surface area contributed by atoms with Crippen LogP contribution in [-0.2, 0) is 0 Å². The Morgan fingerprint density at radius 2 is 2.62 bits per heavy atom. The molecule has 1 atom stereocenters. The van der Waals surface area contributed by atoms with Gasteiger partial charge in [-0.25, -0.2) is 0 Å². The van der Waals surface area contributed by atoms with Crippen LogP contribution >= 0.6 is 27.7 Å². The van der Waals surface area contributed by atoms with Crippen LogP contribution in [0.25, 0.3) is 0 Å². The van der Waals surface area contributed by atoms with Gasteiger partial charge in [-0.1, -0.05) is 15.9 Å². The minimum absolute atomic E-state index is 0.0278. The van der Waals surface area contributed by atoms with Crippen molar-refractivity contribution in [2.45, 2.75) is 11.8 Å². The molecule has 0 aromatic heterocycles. The van der Waals surface area contributed by atoms with Crippen LogP contribution in [0, 0.1) is 0 Å². The number of nitrogens with zero attached hydrogens (tertiary/aromatic N) is 2. The fourth-order valence-corrected chi connectivity index (χ4v) is 1.62. The summed E-state index contributed by atoms with van der Waals surface area (Å²) in [6, 6.07) is 0. The molecule has 0 aromatic carbocycles. The maximum atomic E-state index is 4.03. The molecule has 4 heteroatoms. The van der Waals surface area contributed by atoms with Gasteiger partial charge in [0.05, 0.1) is 0 Å². The van der Waals surface area contributed by atoms with E-state index in [2.05, 4.69) is 33.1 Å². The number of halogens is 1. The summed E-state index contributed by atoms with van der Waals surface area (Å²) in [7, 11) is 0. The summed E-state index contributed by atoms with van der Waals surface area (Å²) in [5.41, 5.74) is 0. The largest absolute Gasteiger partial charge is 0.182 e. The summed E-state index contributed by atoms with van der Waals surface area (Å²) in [4.78, 5) is 0.0278. The van der Waals surface area contributed by atoms with E-state index in [0.717, 1.165) is 11.2 Å². The van der Waals surface area contributed by atoms with Gasteiger partial charge in [-0.2, -0.15) is 10.2 Å². The van der Waals surface area contributed by atoms with E-state index in [-0.39, 0.29) is 4.87 Å². The van der Waals surface area contributed by atoms with Crippen LogP contribution < -0.4 is 0 Å². The number of rotatable bonds is 1. The van der Waals surface area contributed by atoms with E-state index in [1.54, 1.807) is 11.8 Å². The molecule has 0 amide bonds. The van der Waals surface area contributed by atoms with Crippen LogP contribution in [0.1, 0.15) is 6.92 Å². The molecule has 0 fully saturated rings. The van der Waals surface area contributed by atoms with Crippen LogP contribution in [-0.4, -0.2) is 16.1 Å². The van der Waals surface area contributed by atoms with Crippen molar-refractivity contribution in [3.05, 3.63) is 0 Å². The zero-order chi connectivity index (χ0) is 6.04. The van der Waals surface area contributed by atoms with Crippen LogP contribution in [0.2, 0.25) is 0 Å². The lowest BCUT2D eigenvalue weighted by molar-refractivity contribution is 0.745. The van der Waals surface area contributed by atoms with Gasteiger partial charge >= 0.3 is 0 Å². The van der Waals surface area contributed by atoms with E-state index in [0.29, 0.717) is 0 Å². The van der Waals surface area contributed by atoms with Crippen molar-refractivity contribution in [2.24, 2.45) is 10.2 Å². The van der Waals surface area contributed by atoms with Gasteiger partial charge in [-0.05, 0) is 6.92 Å². The van der Waals surface area contributed by atoms with Crippen molar-refractivity contribution < 1.29 is 0 Å². The molecule has 1 aliphatic rings. The normalized spacial score (nSPS) is 36.2. The van der Waals surface area contributed by atoms with E-state index in [4.69, 9.17) is 0 Å². The van der Waals surface area contributed by atoms with E-state index < -0.39 is 0 Å². The van der Waals surface area contributed by atoms with Crippen molar-refractivity contribution >= 4 is 27.7 Å². The smallest absolute Gasteiger partial charge is 0.135 e. The lowest BCUT2D eigenvalue weighted by Crippen LogP contribution is -2.14. The first-order valence-electron chi connectivity index (χ1n) is 2.35. The molecule has 46 valence electrons. The molecular formula is C4H7BrN2S. The van der Waals surface area contributed by atoms with Crippen LogP contribution in [0.4, 0.5) is 0 Å². The Hall–Kier alpha value is 0.430. The molecule has 0 saturated heterocycles. The maximum Gasteiger partial charge on any atom is 0.135 e. The lowest BCUT2D eigenvalue weighted by Gasteiger charge is -2.11. The van der Waals surface area contributed by atoms with E-state index in [1.165, 1.54) is 0 Å². The highest BCUT2D eigenvalue weighted by Crippen LogP contribution is 2.33. The molecule has 1 rings (SSSR count). The van der Waals surface area contributed by atoms with E-state index in [9.17, 15) is 0 Å². The fraction of sp³-hybridized carbons (Fsp3) is 1.00. The Morgan fingerprint density at radius 1 is 1.88 bits per heavy atom. The Morgan fingerprint density at radius 3 is 2.88 bits per heavy atom. The fourth-order valence-electron chi connectivity index (χ4n) is 0.441. The number of alkyl halides is 1. The second-order valence-electron chi connectivity index (χ2n) is 1.82. The van der Waals surface area contributed by atoms with Crippen LogP contribution in [0.15, 0.2) is 10.2 Å². The number of hydrogen-bond acceptors (Lipinski definition) is 3. The SMILES string of the molecule is CC1(CBr)N=NCS1. The first kappa shape index (κ1) is 6.55. The van der Waals surface area contributed by atoms with Gasteiger partial charge in [0.2, 0.25) is 0 Å². The van der Waals surface area contributed by atoms with Crippen LogP contribution in [0.5, 0.6) is 0 Å². The Labute approximate surface area is 61.3 Å². The quantitative estimate of drug-likeness (QED) is 0.589. The molecule has 8 heavy (non-hydrogen) atoms. The highest BCUT2D eigenvalue weighted by Gasteiger charge is 2.26. The first-order valence-corrected chi connectivity index (χ1v) is 4.46. The van der Waals surface area contributed by atoms with Gasteiger partial charge in [-0.15, -0.1) is 11.8 Å². The number of azo groups is 1. The second-order valence-corrected chi connectivity index (χ2v) is 3.81. The third-order valence-corrected chi connectivity index (χ3v) is 3.52. The highest BCUT2D eigenvalue weighted by atomic mass is 79.9. The minimum Gasteiger partial charge on any atom is -0.182 e. The van der Waals surface area contributed by atoms with Gasteiger partial charge in [0.25, 0.3) is 0 Å². The molecule has 0 spiro atoms. The lowest BCUT2D eigenvalue weighted by atomic mass is 10.4. The third kappa shape index (κ3) is 1.23. The summed E-state index contributed by atoms with van der Waals surface area (Å²) >= 11 is 5.12. The summed E-state index contributed by atoms with van der Waals surface area (Å²) in [5.74, 6) is 0.822. The monoisotopic (exact) mass is 194 g/mol. The Kier molecular flexibility index (Phi) is 1.92. The number of thioether (sulfide) groups is 1. The predicted molar refractivity (Wildman–Crippen MR) is 39.5 cm³/mol. The molecule has 0 saturated carbocycles. The molecule has 1 unspecified atom stereocenters. The molecule has 0 aromatic rings. The molecule has 0 aliphatic carbocycles. The van der Waals surface area contributed by atoms with Gasteiger partial charge < -0.3 is 0 Å². The van der Waals surface area contributed by atoms with Gasteiger partial charge in [0.15, 0.2) is 0 Å². The van der Waals surface area contributed by atoms with E-state index >= 15 is 0 Å². The average Bonchev–Trinajstić information content (AvgIpc) is 2.17. The highest BCUT2D eigenvalue weighted by molar-refractivity contribution is 9.09. The molecule has 0 radical (unpaired) electrons. The van der Waals surface area contributed by atoms with Crippen molar-refractivity contribution in [1.82, 2.24) is 0 Å². The minimum atomic E-state index is 0.0278. The summed E-state index contributed by atoms with van der Waals surface area (Å²) in [6.45, 7) is 2.07. The van der Waals surface area contributed by atoms with Crippen LogP contribution in [0.3, 0.4) is 0 Å². The molecule has 1 heterocycles. The van der Waals surface area contributed by atoms with Crippen molar-refractivity contribution in [1.29, 1.82) is 0 Å². The van der Waals surface area contributed by atoms with E-state index in [1.807, 2.05) is 0 Å². The van der Waals surface area contributed by atoms with Gasteiger partial charge in [0, 0.05) is 5.33 Å². The van der Waals surface area contributed by atoms with Gasteiger partial charge in [-0.3, -0.25) is 0 Å². The molecule has 1 aliphatic heterocycles. The van der Waals surface area contributed by atoms with Gasteiger partial charge in [0.1, 0.15) is 10.7 Å². The van der Waals surface area contributed by atoms with Crippen molar-refractivity contribution in [2.75, 3.05) is 11.2 Å². The zero-order valence-corrected chi connectivity index (χ0v) is 7.00. The maximum absolute atomic E-state index is 4.03. The topological polar surface area (TPSA) is 24.7 Å². The number of hydrogen-bond donors (Lipinski definition) is 0. The summed E-state index contributed by atoms with van der Waals surface area (Å²) in [5, 5.41) is 8.79.